The number of benzene rings is 1. The van der Waals surface area contributed by atoms with Crippen molar-refractivity contribution in [1.82, 2.24) is 4.90 Å². The fourth-order valence-corrected chi connectivity index (χ4v) is 2.68. The number of esters is 1. The SMILES string of the molecule is C=C(C)C(=O)OCCOCCOCCOCCOCCN1C(=O)c2ccccc2C1=O. The predicted octanol–water partition coefficient (Wildman–Crippen LogP) is 1.47. The maximum Gasteiger partial charge on any atom is 0.333 e. The van der Waals surface area contributed by atoms with Crippen LogP contribution in [0.1, 0.15) is 27.6 Å². The Kier molecular flexibility index (Phi) is 10.9. The van der Waals surface area contributed by atoms with Crippen LogP contribution in [0.2, 0.25) is 0 Å². The summed E-state index contributed by atoms with van der Waals surface area (Å²) in [4.78, 5) is 36.7. The van der Waals surface area contributed by atoms with Gasteiger partial charge in [0.2, 0.25) is 0 Å². The van der Waals surface area contributed by atoms with Crippen molar-refractivity contribution in [2.24, 2.45) is 0 Å². The van der Waals surface area contributed by atoms with Gasteiger partial charge in [0, 0.05) is 5.57 Å². The lowest BCUT2D eigenvalue weighted by molar-refractivity contribution is -0.140. The van der Waals surface area contributed by atoms with Gasteiger partial charge in [0.05, 0.1) is 70.5 Å². The molecule has 0 aromatic heterocycles. The molecule has 0 atom stereocenters. The van der Waals surface area contributed by atoms with Gasteiger partial charge >= 0.3 is 5.97 Å². The van der Waals surface area contributed by atoms with Crippen molar-refractivity contribution in [3.05, 3.63) is 47.5 Å². The van der Waals surface area contributed by atoms with Crippen LogP contribution in [0, 0.1) is 0 Å². The van der Waals surface area contributed by atoms with E-state index in [4.69, 9.17) is 23.7 Å². The topological polar surface area (TPSA) is 101 Å². The molecule has 0 radical (unpaired) electrons. The lowest BCUT2D eigenvalue weighted by Crippen LogP contribution is -2.33. The van der Waals surface area contributed by atoms with E-state index in [0.717, 1.165) is 0 Å². The van der Waals surface area contributed by atoms with Gasteiger partial charge in [-0.15, -0.1) is 0 Å². The molecule has 0 bridgehead atoms. The molecule has 1 heterocycles. The highest BCUT2D eigenvalue weighted by Gasteiger charge is 2.34. The summed E-state index contributed by atoms with van der Waals surface area (Å²) in [7, 11) is 0. The summed E-state index contributed by atoms with van der Waals surface area (Å²) in [6, 6.07) is 6.78. The number of ether oxygens (including phenoxy) is 5. The third-order valence-electron chi connectivity index (χ3n) is 4.26. The van der Waals surface area contributed by atoms with E-state index >= 15 is 0 Å². The van der Waals surface area contributed by atoms with E-state index in [1.807, 2.05) is 0 Å². The normalized spacial score (nSPS) is 12.9. The zero-order valence-corrected chi connectivity index (χ0v) is 17.8. The summed E-state index contributed by atoms with van der Waals surface area (Å²) in [5.74, 6) is -0.992. The molecule has 1 aromatic rings. The van der Waals surface area contributed by atoms with Gasteiger partial charge in [-0.05, 0) is 19.1 Å². The van der Waals surface area contributed by atoms with Gasteiger partial charge in [-0.2, -0.15) is 0 Å². The zero-order valence-electron chi connectivity index (χ0n) is 17.8. The highest BCUT2D eigenvalue weighted by molar-refractivity contribution is 6.21. The number of imide groups is 1. The van der Waals surface area contributed by atoms with Crippen LogP contribution in [0.5, 0.6) is 0 Å². The van der Waals surface area contributed by atoms with Gasteiger partial charge in [0.1, 0.15) is 6.61 Å². The van der Waals surface area contributed by atoms with Crippen molar-refractivity contribution in [2.75, 3.05) is 66.0 Å². The van der Waals surface area contributed by atoms with Crippen LogP contribution in [-0.4, -0.2) is 88.7 Å². The first kappa shape index (κ1) is 24.7. The second kappa shape index (κ2) is 13.7. The Balaban J connectivity index is 1.37. The molecule has 0 saturated carbocycles. The molecular formula is C22H29NO8. The molecule has 9 heteroatoms. The average molecular weight is 435 g/mol. The molecule has 1 aliphatic rings. The largest absolute Gasteiger partial charge is 0.460 e. The molecule has 2 amide bonds. The van der Waals surface area contributed by atoms with E-state index in [1.54, 1.807) is 31.2 Å². The Morgan fingerprint density at radius 1 is 0.774 bits per heavy atom. The number of rotatable bonds is 16. The maximum absolute atomic E-state index is 12.2. The summed E-state index contributed by atoms with van der Waals surface area (Å²) in [6.45, 7) is 8.40. The van der Waals surface area contributed by atoms with E-state index in [-0.39, 0.29) is 31.6 Å². The predicted molar refractivity (Wildman–Crippen MR) is 111 cm³/mol. The van der Waals surface area contributed by atoms with E-state index in [0.29, 0.717) is 62.9 Å². The van der Waals surface area contributed by atoms with Gasteiger partial charge in [-0.1, -0.05) is 18.7 Å². The van der Waals surface area contributed by atoms with E-state index in [2.05, 4.69) is 6.58 Å². The third kappa shape index (κ3) is 8.22. The second-order valence-electron chi connectivity index (χ2n) is 6.67. The third-order valence-corrected chi connectivity index (χ3v) is 4.26. The fourth-order valence-electron chi connectivity index (χ4n) is 2.68. The minimum absolute atomic E-state index is 0.182. The van der Waals surface area contributed by atoms with Crippen LogP contribution in [0.25, 0.3) is 0 Å². The Labute approximate surface area is 181 Å². The first-order valence-corrected chi connectivity index (χ1v) is 10.1. The first-order valence-electron chi connectivity index (χ1n) is 10.1. The second-order valence-corrected chi connectivity index (χ2v) is 6.67. The summed E-state index contributed by atoms with van der Waals surface area (Å²) >= 11 is 0. The lowest BCUT2D eigenvalue weighted by atomic mass is 10.1. The number of nitrogens with zero attached hydrogens (tertiary/aromatic N) is 1. The number of hydrogen-bond donors (Lipinski definition) is 0. The molecule has 2 rings (SSSR count). The van der Waals surface area contributed by atoms with Crippen LogP contribution >= 0.6 is 0 Å². The van der Waals surface area contributed by atoms with Crippen LogP contribution in [0.4, 0.5) is 0 Å². The van der Waals surface area contributed by atoms with E-state index in [1.165, 1.54) is 4.90 Å². The summed E-state index contributed by atoms with van der Waals surface area (Å²) in [6.07, 6.45) is 0. The number of carbonyl (C=O) groups excluding carboxylic acids is 3. The molecule has 1 aromatic carbocycles. The molecule has 31 heavy (non-hydrogen) atoms. The highest BCUT2D eigenvalue weighted by atomic mass is 16.6. The van der Waals surface area contributed by atoms with Gasteiger partial charge in [0.15, 0.2) is 0 Å². The smallest absolute Gasteiger partial charge is 0.333 e. The molecule has 0 N–H and O–H groups in total. The van der Waals surface area contributed by atoms with Crippen LogP contribution in [0.3, 0.4) is 0 Å². The van der Waals surface area contributed by atoms with Crippen LogP contribution in [-0.2, 0) is 28.5 Å². The first-order chi connectivity index (χ1) is 15.0. The van der Waals surface area contributed by atoms with Crippen molar-refractivity contribution in [1.29, 1.82) is 0 Å². The molecule has 9 nitrogen and oxygen atoms in total. The van der Waals surface area contributed by atoms with Gasteiger partial charge in [0.25, 0.3) is 11.8 Å². The van der Waals surface area contributed by atoms with Crippen molar-refractivity contribution in [3.63, 3.8) is 0 Å². The van der Waals surface area contributed by atoms with Crippen molar-refractivity contribution >= 4 is 17.8 Å². The summed E-state index contributed by atoms with van der Waals surface area (Å²) < 4.78 is 26.3. The van der Waals surface area contributed by atoms with E-state index < -0.39 is 5.97 Å². The van der Waals surface area contributed by atoms with Gasteiger partial charge in [-0.3, -0.25) is 14.5 Å². The summed E-state index contributed by atoms with van der Waals surface area (Å²) in [5.41, 5.74) is 1.23. The maximum atomic E-state index is 12.2. The Hall–Kier alpha value is -2.59. The average Bonchev–Trinajstić information content (AvgIpc) is 3.01. The van der Waals surface area contributed by atoms with Crippen molar-refractivity contribution < 1.29 is 38.1 Å². The zero-order chi connectivity index (χ0) is 22.5. The quantitative estimate of drug-likeness (QED) is 0.167. The van der Waals surface area contributed by atoms with Gasteiger partial charge < -0.3 is 23.7 Å². The van der Waals surface area contributed by atoms with Crippen molar-refractivity contribution in [3.8, 4) is 0 Å². The molecule has 0 aliphatic carbocycles. The number of hydrogen-bond acceptors (Lipinski definition) is 8. The number of fused-ring (bicyclic) bond motifs is 1. The lowest BCUT2D eigenvalue weighted by Gasteiger charge is -2.13. The molecular weight excluding hydrogens is 406 g/mol. The minimum atomic E-state index is -0.426. The van der Waals surface area contributed by atoms with Crippen LogP contribution in [0.15, 0.2) is 36.4 Å². The Morgan fingerprint density at radius 2 is 1.19 bits per heavy atom. The molecule has 0 fully saturated rings. The minimum Gasteiger partial charge on any atom is -0.460 e. The molecule has 0 unspecified atom stereocenters. The monoisotopic (exact) mass is 435 g/mol. The van der Waals surface area contributed by atoms with E-state index in [9.17, 15) is 14.4 Å². The summed E-state index contributed by atoms with van der Waals surface area (Å²) in [5, 5.41) is 0. The standard InChI is InChI=1S/C22H29NO8/c1-17(2)22(26)31-16-15-30-14-13-29-12-11-28-10-9-27-8-7-23-20(24)18-5-3-4-6-19(18)21(23)25/h3-6H,1,7-16H2,2H3. The number of carbonyl (C=O) groups is 3. The molecule has 170 valence electrons. The fraction of sp³-hybridized carbons (Fsp3) is 0.500. The van der Waals surface area contributed by atoms with Crippen molar-refractivity contribution in [2.45, 2.75) is 6.92 Å². The van der Waals surface area contributed by atoms with Gasteiger partial charge in [-0.25, -0.2) is 4.79 Å². The molecule has 0 spiro atoms. The highest BCUT2D eigenvalue weighted by Crippen LogP contribution is 2.21. The van der Waals surface area contributed by atoms with Crippen LogP contribution < -0.4 is 0 Å². The molecule has 0 saturated heterocycles. The Bertz CT molecular complexity index is 729. The Morgan fingerprint density at radius 3 is 1.65 bits per heavy atom. The number of amides is 2. The molecule has 1 aliphatic heterocycles.